The van der Waals surface area contributed by atoms with E-state index in [2.05, 4.69) is 5.16 Å². The van der Waals surface area contributed by atoms with Gasteiger partial charge in [-0.25, -0.2) is 4.79 Å². The second kappa shape index (κ2) is 9.88. The highest BCUT2D eigenvalue weighted by Crippen LogP contribution is 2.74. The third-order valence-electron chi connectivity index (χ3n) is 10.3. The summed E-state index contributed by atoms with van der Waals surface area (Å²) >= 11 is 0. The number of rotatable bonds is 8. The van der Waals surface area contributed by atoms with E-state index >= 15 is 0 Å². The van der Waals surface area contributed by atoms with Crippen LogP contribution in [0.4, 0.5) is 0 Å². The highest BCUT2D eigenvalue weighted by molar-refractivity contribution is 5.95. The lowest BCUT2D eigenvalue weighted by Crippen LogP contribution is -2.63. The third-order valence-corrected chi connectivity index (χ3v) is 10.3. The molecule has 1 unspecified atom stereocenters. The molecule has 2 saturated carbocycles. The fourth-order valence-corrected chi connectivity index (χ4v) is 8.04. The summed E-state index contributed by atoms with van der Waals surface area (Å²) in [7, 11) is 0. The molecule has 7 atom stereocenters. The zero-order valence-corrected chi connectivity index (χ0v) is 24.7. The van der Waals surface area contributed by atoms with Crippen molar-refractivity contribution in [2.24, 2.45) is 22.7 Å². The molecular weight excluding hydrogens is 530 g/mol. The number of ketones is 1. The summed E-state index contributed by atoms with van der Waals surface area (Å²) in [4.78, 5) is 40.4. The van der Waals surface area contributed by atoms with Gasteiger partial charge in [-0.2, -0.15) is 0 Å². The molecule has 4 aliphatic rings. The van der Waals surface area contributed by atoms with E-state index in [4.69, 9.17) is 14.0 Å². The Morgan fingerprint density at radius 2 is 1.83 bits per heavy atom. The van der Waals surface area contributed by atoms with Crippen LogP contribution in [-0.4, -0.2) is 68.2 Å². The number of ether oxygens (including phenoxy) is 2. The van der Waals surface area contributed by atoms with Gasteiger partial charge in [0.1, 0.15) is 35.6 Å². The summed E-state index contributed by atoms with van der Waals surface area (Å²) in [6, 6.07) is 0. The Labute approximate surface area is 239 Å². The molecule has 3 N–H and O–H groups in total. The maximum Gasteiger partial charge on any atom is 0.344 e. The van der Waals surface area contributed by atoms with E-state index < -0.39 is 58.7 Å². The first-order chi connectivity index (χ1) is 19.3. The summed E-state index contributed by atoms with van der Waals surface area (Å²) in [5.74, 6) is -2.29. The van der Waals surface area contributed by atoms with Crippen molar-refractivity contribution in [2.45, 2.75) is 103 Å². The van der Waals surface area contributed by atoms with Crippen LogP contribution < -0.4 is 0 Å². The SMILES string of the molecule is CCCC(=O)O[C@@]12CC[C@]34C=C(C)[C@H](O)[C@@]3(O)[C@H](O)C(COC(=O)c3c(CC)noc3CC)=C[C@H](C4=O)C1C2(C)C. The van der Waals surface area contributed by atoms with E-state index in [-0.39, 0.29) is 35.7 Å². The average Bonchev–Trinajstić information content (AvgIpc) is 3.17. The van der Waals surface area contributed by atoms with Gasteiger partial charge in [0.15, 0.2) is 11.5 Å². The zero-order valence-electron chi connectivity index (χ0n) is 24.7. The van der Waals surface area contributed by atoms with Crippen molar-refractivity contribution >= 4 is 17.7 Å². The zero-order chi connectivity index (χ0) is 30.1. The normalized spacial score (nSPS) is 36.8. The molecule has 0 saturated heterocycles. The minimum absolute atomic E-state index is 0.0744. The molecule has 1 spiro atoms. The smallest absolute Gasteiger partial charge is 0.344 e. The monoisotopic (exact) mass is 571 g/mol. The number of Topliss-reactive ketones (excluding diaryl/α,β-unsaturated/α-hetero) is 1. The number of carbonyl (C=O) groups excluding carboxylic acids is 3. The maximum absolute atomic E-state index is 14.5. The number of carbonyl (C=O) groups is 3. The minimum Gasteiger partial charge on any atom is -0.458 e. The van der Waals surface area contributed by atoms with Crippen LogP contribution in [0.3, 0.4) is 0 Å². The molecule has 1 heterocycles. The number of aliphatic hydroxyl groups excluding tert-OH is 2. The molecule has 0 amide bonds. The molecule has 5 rings (SSSR count). The number of fused-ring (bicyclic) bond motifs is 3. The average molecular weight is 572 g/mol. The lowest BCUT2D eigenvalue weighted by Gasteiger charge is -2.45. The molecule has 10 nitrogen and oxygen atoms in total. The number of allylic oxidation sites excluding steroid dienone is 1. The summed E-state index contributed by atoms with van der Waals surface area (Å²) in [6.07, 6.45) is 2.01. The standard InChI is InChI=1S/C31H41NO9/c1-7-10-21(33)40-30-12-11-29-14-16(4)24(34)31(29,38)25(35)17(13-18(26(29)36)23(30)28(30,5)6)15-39-27(37)22-19(8-2)32-41-20(22)9-3/h13-14,18,23-25,34-35,38H,7-12,15H2,1-6H3/t18-,23?,24-,25+,29+,30-,31+/m0/s1. The van der Waals surface area contributed by atoms with Gasteiger partial charge in [0.05, 0.1) is 11.1 Å². The molecule has 2 bridgehead atoms. The largest absolute Gasteiger partial charge is 0.458 e. The van der Waals surface area contributed by atoms with Gasteiger partial charge in [-0.15, -0.1) is 0 Å². The fraction of sp³-hybridized carbons (Fsp3) is 0.677. The predicted molar refractivity (Wildman–Crippen MR) is 146 cm³/mol. The quantitative estimate of drug-likeness (QED) is 0.313. The van der Waals surface area contributed by atoms with Gasteiger partial charge in [-0.1, -0.05) is 51.9 Å². The molecule has 0 radical (unpaired) electrons. The Bertz CT molecular complexity index is 1320. The molecule has 2 fully saturated rings. The first-order valence-corrected chi connectivity index (χ1v) is 14.7. The highest BCUT2D eigenvalue weighted by Gasteiger charge is 2.81. The summed E-state index contributed by atoms with van der Waals surface area (Å²) in [6.45, 7) is 10.6. The van der Waals surface area contributed by atoms with Crippen molar-refractivity contribution in [3.8, 4) is 0 Å². The fourth-order valence-electron chi connectivity index (χ4n) is 8.04. The van der Waals surface area contributed by atoms with Crippen molar-refractivity contribution in [1.29, 1.82) is 0 Å². The Morgan fingerprint density at radius 3 is 2.46 bits per heavy atom. The van der Waals surface area contributed by atoms with Crippen LogP contribution in [0.25, 0.3) is 0 Å². The van der Waals surface area contributed by atoms with Crippen molar-refractivity contribution in [2.75, 3.05) is 6.61 Å². The van der Waals surface area contributed by atoms with Gasteiger partial charge in [-0.3, -0.25) is 9.59 Å². The van der Waals surface area contributed by atoms with Gasteiger partial charge in [0.2, 0.25) is 0 Å². The third kappa shape index (κ3) is 3.86. The van der Waals surface area contributed by atoms with E-state index in [1.54, 1.807) is 19.1 Å². The van der Waals surface area contributed by atoms with E-state index in [1.165, 1.54) is 0 Å². The van der Waals surface area contributed by atoms with Crippen LogP contribution in [0.1, 0.15) is 89.0 Å². The molecule has 0 aromatic carbocycles. The van der Waals surface area contributed by atoms with E-state index in [9.17, 15) is 29.7 Å². The van der Waals surface area contributed by atoms with Gasteiger partial charge in [0, 0.05) is 30.1 Å². The second-order valence-electron chi connectivity index (χ2n) is 12.6. The van der Waals surface area contributed by atoms with E-state index in [0.29, 0.717) is 42.7 Å². The van der Waals surface area contributed by atoms with Crippen molar-refractivity contribution in [1.82, 2.24) is 5.16 Å². The Hall–Kier alpha value is -2.82. The minimum atomic E-state index is -2.29. The maximum atomic E-state index is 14.5. The van der Waals surface area contributed by atoms with Crippen LogP contribution >= 0.6 is 0 Å². The van der Waals surface area contributed by atoms with Crippen LogP contribution in [-0.2, 0) is 31.9 Å². The topological polar surface area (TPSA) is 156 Å². The van der Waals surface area contributed by atoms with Gasteiger partial charge in [-0.05, 0) is 43.8 Å². The lowest BCUT2D eigenvalue weighted by molar-refractivity contribution is -0.182. The molecule has 224 valence electrons. The van der Waals surface area contributed by atoms with Crippen molar-refractivity contribution in [3.05, 3.63) is 40.3 Å². The van der Waals surface area contributed by atoms with Gasteiger partial charge in [0.25, 0.3) is 0 Å². The molecule has 1 aromatic heterocycles. The summed E-state index contributed by atoms with van der Waals surface area (Å²) < 4.78 is 17.1. The van der Waals surface area contributed by atoms with Crippen molar-refractivity contribution in [3.63, 3.8) is 0 Å². The van der Waals surface area contributed by atoms with Gasteiger partial charge >= 0.3 is 11.9 Å². The van der Waals surface area contributed by atoms with Gasteiger partial charge < -0.3 is 29.3 Å². The molecule has 1 aromatic rings. The first kappa shape index (κ1) is 29.7. The molecule has 0 aliphatic heterocycles. The molecule has 10 heteroatoms. The number of aromatic nitrogens is 1. The second-order valence-corrected chi connectivity index (χ2v) is 12.6. The number of hydrogen-bond acceptors (Lipinski definition) is 10. The summed E-state index contributed by atoms with van der Waals surface area (Å²) in [5.41, 5.74) is -4.27. The lowest BCUT2D eigenvalue weighted by atomic mass is 9.63. The van der Waals surface area contributed by atoms with Crippen LogP contribution in [0.15, 0.2) is 27.8 Å². The molecule has 41 heavy (non-hydrogen) atoms. The number of hydrogen-bond donors (Lipinski definition) is 3. The molecular formula is C31H41NO9. The Balaban J connectivity index is 1.57. The Morgan fingerprint density at radius 1 is 1.12 bits per heavy atom. The van der Waals surface area contributed by atoms with Crippen LogP contribution in [0.5, 0.6) is 0 Å². The first-order valence-electron chi connectivity index (χ1n) is 14.7. The van der Waals surface area contributed by atoms with E-state index in [1.807, 2.05) is 34.6 Å². The predicted octanol–water partition coefficient (Wildman–Crippen LogP) is 3.01. The van der Waals surface area contributed by atoms with E-state index in [0.717, 1.165) is 0 Å². The Kier molecular flexibility index (Phi) is 7.15. The number of aryl methyl sites for hydroxylation is 2. The van der Waals surface area contributed by atoms with Crippen LogP contribution in [0, 0.1) is 22.7 Å². The number of esters is 2. The number of aliphatic hydroxyl groups is 3. The highest BCUT2D eigenvalue weighted by atomic mass is 16.6. The van der Waals surface area contributed by atoms with Crippen molar-refractivity contribution < 1.29 is 43.7 Å². The number of nitrogens with zero attached hydrogens (tertiary/aromatic N) is 1. The summed E-state index contributed by atoms with van der Waals surface area (Å²) in [5, 5.41) is 39.1. The molecule has 4 aliphatic carbocycles. The van der Waals surface area contributed by atoms with Crippen LogP contribution in [0.2, 0.25) is 0 Å².